The van der Waals surface area contributed by atoms with E-state index in [2.05, 4.69) is 0 Å². The maximum absolute atomic E-state index is 10.5. The van der Waals surface area contributed by atoms with Gasteiger partial charge in [0, 0.05) is 0 Å². The van der Waals surface area contributed by atoms with Crippen LogP contribution in [0.4, 0.5) is 0 Å². The van der Waals surface area contributed by atoms with E-state index in [0.29, 0.717) is 0 Å². The van der Waals surface area contributed by atoms with E-state index in [9.17, 15) is 9.59 Å². The minimum atomic E-state index is -1.83. The van der Waals surface area contributed by atoms with Gasteiger partial charge in [0.15, 0.2) is 6.10 Å². The zero-order chi connectivity index (χ0) is 9.89. The molecular formula is C7H12O5. The summed E-state index contributed by atoms with van der Waals surface area (Å²) < 4.78 is 0. The third kappa shape index (κ3) is 2.50. The summed E-state index contributed by atoms with van der Waals surface area (Å²) in [6.07, 6.45) is -1.83. The van der Waals surface area contributed by atoms with Gasteiger partial charge in [0.2, 0.25) is 0 Å². The number of carboxylic acid groups (broad SMARTS) is 2. The first-order valence-electron chi connectivity index (χ1n) is 3.51. The molecule has 0 aliphatic rings. The van der Waals surface area contributed by atoms with Crippen molar-refractivity contribution in [3.63, 3.8) is 0 Å². The van der Waals surface area contributed by atoms with E-state index < -0.39 is 29.9 Å². The average Bonchev–Trinajstić information content (AvgIpc) is 1.85. The number of aliphatic hydroxyl groups excluding tert-OH is 1. The third-order valence-electron chi connectivity index (χ3n) is 1.60. The minimum Gasteiger partial charge on any atom is -0.481 e. The molecule has 0 aromatic carbocycles. The van der Waals surface area contributed by atoms with Crippen molar-refractivity contribution in [2.75, 3.05) is 0 Å². The number of aliphatic carboxylic acids is 2. The molecule has 70 valence electrons. The van der Waals surface area contributed by atoms with E-state index in [1.807, 2.05) is 0 Å². The molecule has 0 rings (SSSR count). The highest BCUT2D eigenvalue weighted by atomic mass is 16.4. The van der Waals surface area contributed by atoms with Crippen molar-refractivity contribution < 1.29 is 24.9 Å². The molecular weight excluding hydrogens is 164 g/mol. The summed E-state index contributed by atoms with van der Waals surface area (Å²) in [4.78, 5) is 20.7. The highest BCUT2D eigenvalue weighted by molar-refractivity contribution is 5.81. The minimum absolute atomic E-state index is 0.409. The summed E-state index contributed by atoms with van der Waals surface area (Å²) in [5.41, 5.74) is 0. The van der Waals surface area contributed by atoms with Crippen molar-refractivity contribution >= 4 is 11.9 Å². The van der Waals surface area contributed by atoms with Gasteiger partial charge in [0.25, 0.3) is 0 Å². The average molecular weight is 176 g/mol. The number of aliphatic hydroxyl groups is 1. The number of rotatable bonds is 4. The Balaban J connectivity index is 4.51. The van der Waals surface area contributed by atoms with Gasteiger partial charge in [-0.25, -0.2) is 4.79 Å². The molecule has 0 aliphatic heterocycles. The van der Waals surface area contributed by atoms with E-state index in [-0.39, 0.29) is 0 Å². The van der Waals surface area contributed by atoms with Crippen molar-refractivity contribution in [2.45, 2.75) is 20.0 Å². The Kier molecular flexibility index (Phi) is 3.69. The molecule has 5 heteroatoms. The van der Waals surface area contributed by atoms with Gasteiger partial charge in [0.1, 0.15) is 0 Å². The summed E-state index contributed by atoms with van der Waals surface area (Å²) in [5.74, 6) is -4.45. The summed E-state index contributed by atoms with van der Waals surface area (Å²) in [5, 5.41) is 25.8. The molecule has 0 spiro atoms. The number of carboxylic acids is 2. The number of hydrogen-bond acceptors (Lipinski definition) is 3. The second kappa shape index (κ2) is 4.06. The lowest BCUT2D eigenvalue weighted by Gasteiger charge is -2.18. The Morgan fingerprint density at radius 1 is 1.08 bits per heavy atom. The van der Waals surface area contributed by atoms with Crippen LogP contribution in [0.1, 0.15) is 13.8 Å². The topological polar surface area (TPSA) is 94.8 Å². The third-order valence-corrected chi connectivity index (χ3v) is 1.60. The van der Waals surface area contributed by atoms with Gasteiger partial charge in [-0.2, -0.15) is 0 Å². The zero-order valence-electron chi connectivity index (χ0n) is 6.89. The monoisotopic (exact) mass is 176 g/mol. The molecule has 0 radical (unpaired) electrons. The molecule has 0 fully saturated rings. The summed E-state index contributed by atoms with van der Waals surface area (Å²) in [7, 11) is 0. The molecule has 0 aromatic rings. The summed E-state index contributed by atoms with van der Waals surface area (Å²) in [6, 6.07) is 0. The van der Waals surface area contributed by atoms with Gasteiger partial charge in [-0.1, -0.05) is 13.8 Å². The molecule has 0 saturated carbocycles. The quantitative estimate of drug-likeness (QED) is 0.550. The van der Waals surface area contributed by atoms with E-state index in [4.69, 9.17) is 15.3 Å². The number of hydrogen-bond donors (Lipinski definition) is 3. The first kappa shape index (κ1) is 10.9. The van der Waals surface area contributed by atoms with Crippen LogP contribution < -0.4 is 0 Å². The standard InChI is InChI=1S/C7H12O5/c1-3(2)4(6(9)10)5(8)7(11)12/h3-5,8H,1-2H3,(H,9,10)(H,11,12)/t4-,5-/m0/s1. The van der Waals surface area contributed by atoms with E-state index in [1.165, 1.54) is 0 Å². The molecule has 5 nitrogen and oxygen atoms in total. The van der Waals surface area contributed by atoms with Crippen LogP contribution in [0.3, 0.4) is 0 Å². The lowest BCUT2D eigenvalue weighted by molar-refractivity contribution is -0.161. The predicted octanol–water partition coefficient (Wildman–Crippen LogP) is -0.211. The fraction of sp³-hybridized carbons (Fsp3) is 0.714. The molecule has 0 aromatic heterocycles. The van der Waals surface area contributed by atoms with Gasteiger partial charge >= 0.3 is 11.9 Å². The summed E-state index contributed by atoms with van der Waals surface area (Å²) >= 11 is 0. The Hall–Kier alpha value is -1.10. The van der Waals surface area contributed by atoms with Gasteiger partial charge in [-0.05, 0) is 5.92 Å². The van der Waals surface area contributed by atoms with Crippen molar-refractivity contribution in [3.05, 3.63) is 0 Å². The molecule has 3 N–H and O–H groups in total. The molecule has 0 unspecified atom stereocenters. The Morgan fingerprint density at radius 3 is 1.58 bits per heavy atom. The fourth-order valence-corrected chi connectivity index (χ4v) is 0.938. The second-order valence-corrected chi connectivity index (χ2v) is 2.89. The van der Waals surface area contributed by atoms with Crippen molar-refractivity contribution in [1.29, 1.82) is 0 Å². The molecule has 0 saturated heterocycles. The van der Waals surface area contributed by atoms with Crippen LogP contribution in [0.2, 0.25) is 0 Å². The number of carbonyl (C=O) groups is 2. The molecule has 0 heterocycles. The van der Waals surface area contributed by atoms with Crippen molar-refractivity contribution in [3.8, 4) is 0 Å². The van der Waals surface area contributed by atoms with Crippen LogP contribution in [0.5, 0.6) is 0 Å². The van der Waals surface area contributed by atoms with Gasteiger partial charge in [-0.15, -0.1) is 0 Å². The van der Waals surface area contributed by atoms with Crippen LogP contribution in [-0.2, 0) is 9.59 Å². The fourth-order valence-electron chi connectivity index (χ4n) is 0.938. The van der Waals surface area contributed by atoms with Crippen LogP contribution >= 0.6 is 0 Å². The molecule has 0 amide bonds. The molecule has 0 bridgehead atoms. The van der Waals surface area contributed by atoms with E-state index >= 15 is 0 Å². The maximum atomic E-state index is 10.5. The van der Waals surface area contributed by atoms with Crippen molar-refractivity contribution in [1.82, 2.24) is 0 Å². The largest absolute Gasteiger partial charge is 0.481 e. The lowest BCUT2D eigenvalue weighted by atomic mass is 9.90. The Morgan fingerprint density at radius 2 is 1.50 bits per heavy atom. The molecule has 2 atom stereocenters. The Bertz CT molecular complexity index is 186. The Labute approximate surface area is 69.6 Å². The van der Waals surface area contributed by atoms with Crippen LogP contribution in [0.15, 0.2) is 0 Å². The zero-order valence-corrected chi connectivity index (χ0v) is 6.89. The van der Waals surface area contributed by atoms with Crippen LogP contribution in [-0.4, -0.2) is 33.4 Å². The smallest absolute Gasteiger partial charge is 0.333 e. The second-order valence-electron chi connectivity index (χ2n) is 2.89. The first-order chi connectivity index (χ1) is 5.37. The summed E-state index contributed by atoms with van der Waals surface area (Å²) in [6.45, 7) is 3.09. The molecule has 12 heavy (non-hydrogen) atoms. The normalized spacial score (nSPS) is 15.7. The highest BCUT2D eigenvalue weighted by Gasteiger charge is 2.34. The van der Waals surface area contributed by atoms with Crippen LogP contribution in [0, 0.1) is 11.8 Å². The first-order valence-corrected chi connectivity index (χ1v) is 3.51. The maximum Gasteiger partial charge on any atom is 0.333 e. The molecule has 0 aliphatic carbocycles. The predicted molar refractivity (Wildman–Crippen MR) is 39.6 cm³/mol. The van der Waals surface area contributed by atoms with Crippen LogP contribution in [0.25, 0.3) is 0 Å². The lowest BCUT2D eigenvalue weighted by Crippen LogP contribution is -2.37. The van der Waals surface area contributed by atoms with E-state index in [1.54, 1.807) is 13.8 Å². The van der Waals surface area contributed by atoms with Gasteiger partial charge in [0.05, 0.1) is 5.92 Å². The SMILES string of the molecule is CC(C)[C@H](C(=O)O)[C@H](O)C(=O)O. The van der Waals surface area contributed by atoms with Gasteiger partial charge in [-0.3, -0.25) is 4.79 Å². The van der Waals surface area contributed by atoms with E-state index in [0.717, 1.165) is 0 Å². The van der Waals surface area contributed by atoms with Crippen molar-refractivity contribution in [2.24, 2.45) is 11.8 Å². The highest BCUT2D eigenvalue weighted by Crippen LogP contribution is 2.15. The van der Waals surface area contributed by atoms with Gasteiger partial charge < -0.3 is 15.3 Å².